The Labute approximate surface area is 87.8 Å². The maximum Gasteiger partial charge on any atom is 0.334 e. The Bertz CT molecular complexity index is 378. The summed E-state index contributed by atoms with van der Waals surface area (Å²) in [4.78, 5) is 12.4. The maximum atomic E-state index is 10.5. The van der Waals surface area contributed by atoms with E-state index in [2.05, 4.69) is 0 Å². The third-order valence-electron chi connectivity index (χ3n) is 2.66. The first-order valence-electron chi connectivity index (χ1n) is 4.92. The van der Waals surface area contributed by atoms with Gasteiger partial charge >= 0.3 is 5.97 Å². The van der Waals surface area contributed by atoms with E-state index in [0.717, 1.165) is 18.7 Å². The number of nitrogens with zero attached hydrogens (tertiary/aromatic N) is 1. The molecule has 1 aliphatic heterocycles. The average molecular weight is 207 g/mol. The van der Waals surface area contributed by atoms with Crippen molar-refractivity contribution in [3.63, 3.8) is 0 Å². The van der Waals surface area contributed by atoms with Crippen molar-refractivity contribution in [2.75, 3.05) is 18.0 Å². The van der Waals surface area contributed by atoms with Gasteiger partial charge in [0.1, 0.15) is 0 Å². The summed E-state index contributed by atoms with van der Waals surface area (Å²) in [5.41, 5.74) is 2.26. The van der Waals surface area contributed by atoms with Crippen LogP contribution >= 0.6 is 0 Å². The number of hydrogen-bond acceptors (Lipinski definition) is 3. The van der Waals surface area contributed by atoms with Gasteiger partial charge in [-0.05, 0) is 18.1 Å². The minimum absolute atomic E-state index is 0.159. The molecule has 80 valence electrons. The summed E-state index contributed by atoms with van der Waals surface area (Å²) in [5, 5.41) is 17.9. The Kier molecular flexibility index (Phi) is 2.60. The molecule has 0 spiro atoms. The van der Waals surface area contributed by atoms with Crippen molar-refractivity contribution in [1.29, 1.82) is 0 Å². The van der Waals surface area contributed by atoms with E-state index in [9.17, 15) is 9.90 Å². The number of aliphatic hydroxyl groups is 1. The van der Waals surface area contributed by atoms with E-state index in [4.69, 9.17) is 5.11 Å². The number of aliphatic carboxylic acids is 1. The van der Waals surface area contributed by atoms with Crippen molar-refractivity contribution in [2.45, 2.75) is 12.5 Å². The van der Waals surface area contributed by atoms with Gasteiger partial charge < -0.3 is 15.1 Å². The topological polar surface area (TPSA) is 60.8 Å². The minimum atomic E-state index is -1.31. The number of anilines is 1. The van der Waals surface area contributed by atoms with Gasteiger partial charge in [0.2, 0.25) is 0 Å². The van der Waals surface area contributed by atoms with E-state index >= 15 is 0 Å². The van der Waals surface area contributed by atoms with Crippen molar-refractivity contribution in [3.8, 4) is 0 Å². The van der Waals surface area contributed by atoms with Gasteiger partial charge in [-0.15, -0.1) is 0 Å². The van der Waals surface area contributed by atoms with Crippen LogP contribution in [0.3, 0.4) is 0 Å². The molecule has 0 radical (unpaired) electrons. The van der Waals surface area contributed by atoms with Crippen LogP contribution in [0.2, 0.25) is 0 Å². The number of carboxylic acid groups (broad SMARTS) is 1. The molecule has 1 aliphatic rings. The molecule has 15 heavy (non-hydrogen) atoms. The van der Waals surface area contributed by atoms with Gasteiger partial charge in [0.05, 0.1) is 6.54 Å². The van der Waals surface area contributed by atoms with E-state index in [-0.39, 0.29) is 6.54 Å². The lowest BCUT2D eigenvalue weighted by molar-refractivity contribution is -0.146. The molecule has 0 fully saturated rings. The quantitative estimate of drug-likeness (QED) is 0.757. The third-order valence-corrected chi connectivity index (χ3v) is 2.66. The molecule has 0 aromatic heterocycles. The van der Waals surface area contributed by atoms with Crippen LogP contribution in [-0.2, 0) is 11.2 Å². The van der Waals surface area contributed by atoms with Gasteiger partial charge in [0, 0.05) is 12.2 Å². The molecule has 4 heteroatoms. The van der Waals surface area contributed by atoms with E-state index in [1.807, 2.05) is 29.2 Å². The van der Waals surface area contributed by atoms with Crippen molar-refractivity contribution in [3.05, 3.63) is 29.8 Å². The zero-order valence-electron chi connectivity index (χ0n) is 8.26. The first-order valence-corrected chi connectivity index (χ1v) is 4.92. The van der Waals surface area contributed by atoms with Crippen LogP contribution in [0.5, 0.6) is 0 Å². The van der Waals surface area contributed by atoms with Crippen molar-refractivity contribution in [1.82, 2.24) is 0 Å². The van der Waals surface area contributed by atoms with Gasteiger partial charge in [0.15, 0.2) is 6.10 Å². The number of fused-ring (bicyclic) bond motifs is 1. The number of β-amino-alcohol motifs (C(OH)–C–C–N with tert-alkyl or cyclic N) is 1. The molecule has 2 rings (SSSR count). The Balaban J connectivity index is 2.11. The van der Waals surface area contributed by atoms with Crippen LogP contribution in [0, 0.1) is 0 Å². The van der Waals surface area contributed by atoms with Crippen molar-refractivity contribution in [2.24, 2.45) is 0 Å². The highest BCUT2D eigenvalue weighted by Gasteiger charge is 2.23. The summed E-state index contributed by atoms with van der Waals surface area (Å²) in [6, 6.07) is 7.87. The Hall–Kier alpha value is -1.55. The van der Waals surface area contributed by atoms with Gasteiger partial charge in [0.25, 0.3) is 0 Å². The number of aliphatic hydroxyl groups excluding tert-OH is 1. The summed E-state index contributed by atoms with van der Waals surface area (Å²) in [6.45, 7) is 0.941. The Morgan fingerprint density at radius 1 is 1.47 bits per heavy atom. The molecule has 0 aliphatic carbocycles. The maximum absolute atomic E-state index is 10.5. The van der Waals surface area contributed by atoms with Crippen molar-refractivity contribution >= 4 is 11.7 Å². The molecule has 0 saturated heterocycles. The molecule has 0 bridgehead atoms. The Morgan fingerprint density at radius 3 is 2.93 bits per heavy atom. The van der Waals surface area contributed by atoms with E-state index in [1.54, 1.807) is 0 Å². The van der Waals surface area contributed by atoms with Crippen LogP contribution in [-0.4, -0.2) is 35.4 Å². The van der Waals surface area contributed by atoms with E-state index < -0.39 is 12.1 Å². The second kappa shape index (κ2) is 3.90. The van der Waals surface area contributed by atoms with Crippen LogP contribution in [0.1, 0.15) is 5.56 Å². The molecule has 1 heterocycles. The van der Waals surface area contributed by atoms with Gasteiger partial charge in [-0.2, -0.15) is 0 Å². The zero-order chi connectivity index (χ0) is 10.8. The SMILES string of the molecule is O=C(O)C(O)CN1CCc2ccccc21. The van der Waals surface area contributed by atoms with Gasteiger partial charge in [-0.1, -0.05) is 18.2 Å². The lowest BCUT2D eigenvalue weighted by Gasteiger charge is -2.20. The third kappa shape index (κ3) is 1.94. The Morgan fingerprint density at radius 2 is 2.20 bits per heavy atom. The summed E-state index contributed by atoms with van der Waals surface area (Å²) in [7, 11) is 0. The second-order valence-electron chi connectivity index (χ2n) is 3.68. The highest BCUT2D eigenvalue weighted by Crippen LogP contribution is 2.27. The number of rotatable bonds is 3. The van der Waals surface area contributed by atoms with Crippen LogP contribution in [0.4, 0.5) is 5.69 Å². The van der Waals surface area contributed by atoms with Gasteiger partial charge in [-0.25, -0.2) is 4.79 Å². The molecule has 1 aromatic carbocycles. The molecule has 1 unspecified atom stereocenters. The number of benzene rings is 1. The number of para-hydroxylation sites is 1. The highest BCUT2D eigenvalue weighted by molar-refractivity contribution is 5.73. The average Bonchev–Trinajstić information content (AvgIpc) is 2.62. The largest absolute Gasteiger partial charge is 0.479 e. The molecule has 4 nitrogen and oxygen atoms in total. The number of carbonyl (C=O) groups is 1. The molecule has 0 amide bonds. The molecule has 1 atom stereocenters. The first kappa shape index (κ1) is 9.98. The summed E-state index contributed by atoms with van der Waals surface area (Å²) in [5.74, 6) is -1.17. The lowest BCUT2D eigenvalue weighted by atomic mass is 10.2. The summed E-state index contributed by atoms with van der Waals surface area (Å²) < 4.78 is 0. The minimum Gasteiger partial charge on any atom is -0.479 e. The fraction of sp³-hybridized carbons (Fsp3) is 0.364. The smallest absolute Gasteiger partial charge is 0.334 e. The number of hydrogen-bond donors (Lipinski definition) is 2. The standard InChI is InChI=1S/C11H13NO3/c13-10(11(14)15)7-12-6-5-8-3-1-2-4-9(8)12/h1-4,10,13H,5-7H2,(H,14,15). The molecular weight excluding hydrogens is 194 g/mol. The van der Waals surface area contributed by atoms with Crippen LogP contribution in [0.15, 0.2) is 24.3 Å². The summed E-state index contributed by atoms with van der Waals surface area (Å²) >= 11 is 0. The van der Waals surface area contributed by atoms with E-state index in [1.165, 1.54) is 5.56 Å². The second-order valence-corrected chi connectivity index (χ2v) is 3.68. The number of carboxylic acids is 1. The molecule has 2 N–H and O–H groups in total. The fourth-order valence-corrected chi connectivity index (χ4v) is 1.88. The zero-order valence-corrected chi connectivity index (χ0v) is 8.26. The molecular formula is C11H13NO3. The first-order chi connectivity index (χ1) is 7.18. The monoisotopic (exact) mass is 207 g/mol. The van der Waals surface area contributed by atoms with E-state index in [0.29, 0.717) is 0 Å². The molecule has 0 saturated carbocycles. The van der Waals surface area contributed by atoms with Crippen LogP contribution in [0.25, 0.3) is 0 Å². The normalized spacial score (nSPS) is 16.2. The lowest BCUT2D eigenvalue weighted by Crippen LogP contribution is -2.35. The van der Waals surface area contributed by atoms with Crippen LogP contribution < -0.4 is 4.90 Å². The fourth-order valence-electron chi connectivity index (χ4n) is 1.88. The summed E-state index contributed by atoms with van der Waals surface area (Å²) in [6.07, 6.45) is -0.390. The van der Waals surface area contributed by atoms with Crippen molar-refractivity contribution < 1.29 is 15.0 Å². The molecule has 1 aromatic rings. The highest BCUT2D eigenvalue weighted by atomic mass is 16.4. The van der Waals surface area contributed by atoms with Gasteiger partial charge in [-0.3, -0.25) is 0 Å². The predicted octanol–water partition coefficient (Wildman–Crippen LogP) is 0.495. The predicted molar refractivity (Wildman–Crippen MR) is 56.0 cm³/mol.